The first-order valence-corrected chi connectivity index (χ1v) is 10.4. The average molecular weight is 486 g/mol. The molecule has 1 atom stereocenters. The van der Waals surface area contributed by atoms with Gasteiger partial charge >= 0.3 is 18.2 Å². The van der Waals surface area contributed by atoms with Gasteiger partial charge in [-0.25, -0.2) is 9.59 Å². The number of carbonyl (C=O) groups excluding carboxylic acids is 3. The number of amides is 3. The first-order valence-electron chi connectivity index (χ1n) is 10.4. The molecule has 1 aliphatic heterocycles. The number of rotatable bonds is 6. The van der Waals surface area contributed by atoms with Crippen LogP contribution in [0.4, 0.5) is 23.7 Å². The van der Waals surface area contributed by atoms with Gasteiger partial charge in [-0.05, 0) is 42.8 Å². The van der Waals surface area contributed by atoms with Crippen molar-refractivity contribution in [1.82, 2.24) is 10.6 Å². The number of allylic oxidation sites excluding steroid dienone is 1. The molecule has 2 aromatic carbocycles. The summed E-state index contributed by atoms with van der Waals surface area (Å²) in [5.41, 5.74) is -0.141. The van der Waals surface area contributed by atoms with Gasteiger partial charge < -0.3 is 15.4 Å². The minimum absolute atomic E-state index is 0.00505. The molecule has 35 heavy (non-hydrogen) atoms. The molecule has 1 unspecified atom stereocenters. The van der Waals surface area contributed by atoms with Gasteiger partial charge in [0.1, 0.15) is 6.61 Å². The SMILES string of the molecule is CC(=O)NCCOC(=O)C1=C(C)N(c2cccc(C(F)(F)F)c2)C(=O)NC1c1ccc(C#N)cc1. The number of alkyl halides is 3. The Kier molecular flexibility index (Phi) is 7.44. The Balaban J connectivity index is 2.04. The van der Waals surface area contributed by atoms with Gasteiger partial charge in [0.25, 0.3) is 0 Å². The van der Waals surface area contributed by atoms with Crippen LogP contribution in [0.15, 0.2) is 59.8 Å². The van der Waals surface area contributed by atoms with E-state index in [-0.39, 0.29) is 36.0 Å². The molecule has 0 fully saturated rings. The molecule has 0 aromatic heterocycles. The number of hydrogen-bond donors (Lipinski definition) is 2. The highest BCUT2D eigenvalue weighted by Gasteiger charge is 2.38. The van der Waals surface area contributed by atoms with Crippen molar-refractivity contribution in [2.24, 2.45) is 0 Å². The third kappa shape index (κ3) is 5.78. The summed E-state index contributed by atoms with van der Waals surface area (Å²) in [5, 5.41) is 14.2. The summed E-state index contributed by atoms with van der Waals surface area (Å²) in [7, 11) is 0. The fourth-order valence-corrected chi connectivity index (χ4v) is 3.59. The fourth-order valence-electron chi connectivity index (χ4n) is 3.59. The number of anilines is 1. The summed E-state index contributed by atoms with van der Waals surface area (Å²) in [6.45, 7) is 2.63. The largest absolute Gasteiger partial charge is 0.460 e. The topological polar surface area (TPSA) is 112 Å². The lowest BCUT2D eigenvalue weighted by Gasteiger charge is -2.35. The van der Waals surface area contributed by atoms with Crippen LogP contribution in [0.25, 0.3) is 0 Å². The maximum atomic E-state index is 13.3. The summed E-state index contributed by atoms with van der Waals surface area (Å²) in [6, 6.07) is 10.5. The van der Waals surface area contributed by atoms with Crippen LogP contribution < -0.4 is 15.5 Å². The molecule has 11 heteroatoms. The van der Waals surface area contributed by atoms with Gasteiger partial charge in [0.2, 0.25) is 5.91 Å². The summed E-state index contributed by atoms with van der Waals surface area (Å²) in [5.74, 6) is -1.13. The van der Waals surface area contributed by atoms with Gasteiger partial charge in [0.05, 0.1) is 41.0 Å². The summed E-state index contributed by atoms with van der Waals surface area (Å²) < 4.78 is 45.0. The predicted octanol–water partition coefficient (Wildman–Crippen LogP) is 3.80. The second-order valence-electron chi connectivity index (χ2n) is 7.62. The van der Waals surface area contributed by atoms with Crippen molar-refractivity contribution in [3.8, 4) is 6.07 Å². The molecule has 0 bridgehead atoms. The molecule has 0 saturated carbocycles. The molecular formula is C24H21F3N4O4. The molecule has 182 valence electrons. The molecule has 1 aliphatic rings. The van der Waals surface area contributed by atoms with Gasteiger partial charge in [0, 0.05) is 12.6 Å². The monoisotopic (exact) mass is 486 g/mol. The second-order valence-corrected chi connectivity index (χ2v) is 7.62. The minimum Gasteiger partial charge on any atom is -0.460 e. The zero-order chi connectivity index (χ0) is 25.8. The van der Waals surface area contributed by atoms with Gasteiger partial charge in [-0.2, -0.15) is 18.4 Å². The van der Waals surface area contributed by atoms with Crippen LogP contribution >= 0.6 is 0 Å². The number of benzene rings is 2. The molecule has 0 radical (unpaired) electrons. The van der Waals surface area contributed by atoms with E-state index in [4.69, 9.17) is 10.00 Å². The van der Waals surface area contributed by atoms with E-state index in [2.05, 4.69) is 10.6 Å². The van der Waals surface area contributed by atoms with E-state index in [1.807, 2.05) is 6.07 Å². The van der Waals surface area contributed by atoms with Gasteiger partial charge in [0.15, 0.2) is 0 Å². The average Bonchev–Trinajstić information content (AvgIpc) is 2.81. The molecule has 2 aromatic rings. The highest BCUT2D eigenvalue weighted by atomic mass is 19.4. The number of ether oxygens (including phenoxy) is 1. The van der Waals surface area contributed by atoms with Crippen LogP contribution in [0, 0.1) is 11.3 Å². The quantitative estimate of drug-likeness (QED) is 0.477. The van der Waals surface area contributed by atoms with E-state index < -0.39 is 29.8 Å². The highest BCUT2D eigenvalue weighted by molar-refractivity contribution is 6.03. The lowest BCUT2D eigenvalue weighted by molar-refractivity contribution is -0.140. The Morgan fingerprint density at radius 3 is 2.49 bits per heavy atom. The van der Waals surface area contributed by atoms with Gasteiger partial charge in [-0.1, -0.05) is 18.2 Å². The number of carbonyl (C=O) groups is 3. The van der Waals surface area contributed by atoms with Crippen molar-refractivity contribution in [3.63, 3.8) is 0 Å². The first-order chi connectivity index (χ1) is 16.5. The fraction of sp³-hybridized carbons (Fsp3) is 0.250. The molecular weight excluding hydrogens is 465 g/mol. The Labute approximate surface area is 199 Å². The van der Waals surface area contributed by atoms with E-state index in [1.165, 1.54) is 32.0 Å². The van der Waals surface area contributed by atoms with E-state index >= 15 is 0 Å². The normalized spacial score (nSPS) is 15.8. The maximum absolute atomic E-state index is 13.3. The van der Waals surface area contributed by atoms with Gasteiger partial charge in [-0.15, -0.1) is 0 Å². The van der Waals surface area contributed by atoms with Crippen molar-refractivity contribution in [2.45, 2.75) is 26.1 Å². The van der Waals surface area contributed by atoms with Gasteiger partial charge in [-0.3, -0.25) is 9.69 Å². The molecule has 0 saturated heterocycles. The Morgan fingerprint density at radius 1 is 1.20 bits per heavy atom. The molecule has 3 amide bonds. The van der Waals surface area contributed by atoms with Crippen LogP contribution in [-0.4, -0.2) is 31.1 Å². The number of urea groups is 1. The first kappa shape index (κ1) is 25.3. The summed E-state index contributed by atoms with van der Waals surface area (Å²) in [4.78, 5) is 38.1. The third-order valence-electron chi connectivity index (χ3n) is 5.22. The molecule has 2 N–H and O–H groups in total. The number of nitriles is 1. The Hall–Kier alpha value is -4.33. The second kappa shape index (κ2) is 10.3. The van der Waals surface area contributed by atoms with E-state index in [9.17, 15) is 27.6 Å². The number of halogens is 3. The van der Waals surface area contributed by atoms with Crippen molar-refractivity contribution < 1.29 is 32.3 Å². The lowest BCUT2D eigenvalue weighted by Crippen LogP contribution is -2.48. The molecule has 0 spiro atoms. The van der Waals surface area contributed by atoms with E-state index in [0.29, 0.717) is 11.1 Å². The van der Waals surface area contributed by atoms with Crippen molar-refractivity contribution in [1.29, 1.82) is 5.26 Å². The van der Waals surface area contributed by atoms with Crippen molar-refractivity contribution >= 4 is 23.6 Å². The smallest absolute Gasteiger partial charge is 0.416 e. The lowest BCUT2D eigenvalue weighted by atomic mass is 9.94. The van der Waals surface area contributed by atoms with Crippen molar-refractivity contribution in [2.75, 3.05) is 18.1 Å². The molecule has 0 aliphatic carbocycles. The molecule has 3 rings (SSSR count). The molecule has 8 nitrogen and oxygen atoms in total. The molecule has 1 heterocycles. The predicted molar refractivity (Wildman–Crippen MR) is 119 cm³/mol. The standard InChI is InChI=1S/C24H21F3N4O4/c1-14-20(22(33)35-11-10-29-15(2)32)21(17-8-6-16(13-28)7-9-17)30-23(34)31(14)19-5-3-4-18(12-19)24(25,26)27/h3-9,12,21H,10-11H2,1-2H3,(H,29,32)(H,30,34). The maximum Gasteiger partial charge on any atom is 0.416 e. The van der Waals surface area contributed by atoms with Crippen LogP contribution in [0.2, 0.25) is 0 Å². The van der Waals surface area contributed by atoms with E-state index in [0.717, 1.165) is 23.1 Å². The summed E-state index contributed by atoms with van der Waals surface area (Å²) >= 11 is 0. The van der Waals surface area contributed by atoms with Crippen LogP contribution in [0.5, 0.6) is 0 Å². The Bertz CT molecular complexity index is 1220. The number of nitrogens with zero attached hydrogens (tertiary/aromatic N) is 2. The number of nitrogens with one attached hydrogen (secondary N) is 2. The van der Waals surface area contributed by atoms with Crippen LogP contribution in [0.1, 0.15) is 36.6 Å². The van der Waals surface area contributed by atoms with Crippen molar-refractivity contribution in [3.05, 3.63) is 76.5 Å². The summed E-state index contributed by atoms with van der Waals surface area (Å²) in [6.07, 6.45) is -4.63. The van der Waals surface area contributed by atoms with Crippen LogP contribution in [0.3, 0.4) is 0 Å². The zero-order valence-corrected chi connectivity index (χ0v) is 18.8. The number of hydrogen-bond acceptors (Lipinski definition) is 5. The minimum atomic E-state index is -4.63. The third-order valence-corrected chi connectivity index (χ3v) is 5.22. The van der Waals surface area contributed by atoms with E-state index in [1.54, 1.807) is 12.1 Å². The zero-order valence-electron chi connectivity index (χ0n) is 18.8. The Morgan fingerprint density at radius 2 is 1.89 bits per heavy atom. The highest BCUT2D eigenvalue weighted by Crippen LogP contribution is 2.37. The van der Waals surface area contributed by atoms with Crippen LogP contribution in [-0.2, 0) is 20.5 Å². The number of esters is 1.